The molecule has 0 amide bonds. The molecule has 1 aliphatic rings. The number of nitrogens with zero attached hydrogens (tertiary/aromatic N) is 1. The van der Waals surface area contributed by atoms with Crippen LogP contribution in [0.25, 0.3) is 0 Å². The lowest BCUT2D eigenvalue weighted by Gasteiger charge is -2.23. The summed E-state index contributed by atoms with van der Waals surface area (Å²) in [5.74, 6) is 1.02. The molecule has 19 heavy (non-hydrogen) atoms. The lowest BCUT2D eigenvalue weighted by molar-refractivity contribution is 0.348. The van der Waals surface area contributed by atoms with Crippen molar-refractivity contribution in [3.63, 3.8) is 0 Å². The maximum absolute atomic E-state index is 12.8. The number of piperidine rings is 1. The van der Waals surface area contributed by atoms with Gasteiger partial charge in [0.15, 0.2) is 0 Å². The molecule has 0 aromatic heterocycles. The van der Waals surface area contributed by atoms with Gasteiger partial charge in [-0.05, 0) is 50.7 Å². The minimum Gasteiger partial charge on any atom is -0.317 e. The summed E-state index contributed by atoms with van der Waals surface area (Å²) in [7, 11) is 2.13. The standard InChI is InChI=1S/C15H23FN2S/c1-18(12-13-2-4-14(16)5-3-13)10-11-19-15-6-8-17-9-7-15/h2-5,15,17H,6-12H2,1H3. The zero-order valence-corrected chi connectivity index (χ0v) is 12.4. The molecule has 0 spiro atoms. The summed E-state index contributed by atoms with van der Waals surface area (Å²) in [6.45, 7) is 4.32. The van der Waals surface area contributed by atoms with Crippen LogP contribution in [0.15, 0.2) is 24.3 Å². The van der Waals surface area contributed by atoms with E-state index in [9.17, 15) is 4.39 Å². The van der Waals surface area contributed by atoms with E-state index in [1.165, 1.54) is 49.4 Å². The fourth-order valence-corrected chi connectivity index (χ4v) is 3.64. The molecule has 0 unspecified atom stereocenters. The summed E-state index contributed by atoms with van der Waals surface area (Å²) in [6.07, 6.45) is 2.60. The van der Waals surface area contributed by atoms with Gasteiger partial charge in [0.25, 0.3) is 0 Å². The zero-order valence-electron chi connectivity index (χ0n) is 11.6. The molecule has 0 aliphatic carbocycles. The van der Waals surface area contributed by atoms with Crippen LogP contribution in [0.3, 0.4) is 0 Å². The van der Waals surface area contributed by atoms with Crippen molar-refractivity contribution in [2.24, 2.45) is 0 Å². The first-order valence-electron chi connectivity index (χ1n) is 6.99. The molecule has 1 N–H and O–H groups in total. The average molecular weight is 282 g/mol. The highest BCUT2D eigenvalue weighted by atomic mass is 32.2. The van der Waals surface area contributed by atoms with Gasteiger partial charge >= 0.3 is 0 Å². The number of thioether (sulfide) groups is 1. The van der Waals surface area contributed by atoms with Gasteiger partial charge in [0.05, 0.1) is 0 Å². The Morgan fingerprint density at radius 3 is 2.63 bits per heavy atom. The fourth-order valence-electron chi connectivity index (χ4n) is 2.32. The topological polar surface area (TPSA) is 15.3 Å². The van der Waals surface area contributed by atoms with Gasteiger partial charge in [-0.15, -0.1) is 0 Å². The first-order chi connectivity index (χ1) is 9.24. The Balaban J connectivity index is 1.63. The van der Waals surface area contributed by atoms with Crippen molar-refractivity contribution in [1.82, 2.24) is 10.2 Å². The van der Waals surface area contributed by atoms with Crippen molar-refractivity contribution in [3.05, 3.63) is 35.6 Å². The molecule has 0 atom stereocenters. The van der Waals surface area contributed by atoms with Crippen molar-refractivity contribution in [1.29, 1.82) is 0 Å². The lowest BCUT2D eigenvalue weighted by atomic mass is 10.2. The van der Waals surface area contributed by atoms with Crippen molar-refractivity contribution in [3.8, 4) is 0 Å². The number of nitrogens with one attached hydrogen (secondary N) is 1. The van der Waals surface area contributed by atoms with E-state index in [2.05, 4.69) is 29.0 Å². The summed E-state index contributed by atoms with van der Waals surface area (Å²) in [5.41, 5.74) is 1.18. The molecule has 1 fully saturated rings. The minimum atomic E-state index is -0.159. The van der Waals surface area contributed by atoms with Gasteiger partial charge in [0.2, 0.25) is 0 Å². The van der Waals surface area contributed by atoms with E-state index in [0.717, 1.165) is 18.3 Å². The van der Waals surface area contributed by atoms with Crippen LogP contribution in [-0.2, 0) is 6.54 Å². The van der Waals surface area contributed by atoms with Crippen LogP contribution in [-0.4, -0.2) is 42.6 Å². The molecule has 1 aliphatic heterocycles. The first-order valence-corrected chi connectivity index (χ1v) is 8.04. The van der Waals surface area contributed by atoms with Gasteiger partial charge < -0.3 is 10.2 Å². The van der Waals surface area contributed by atoms with Gasteiger partial charge in [-0.2, -0.15) is 11.8 Å². The van der Waals surface area contributed by atoms with E-state index >= 15 is 0 Å². The summed E-state index contributed by atoms with van der Waals surface area (Å²) in [6, 6.07) is 6.80. The van der Waals surface area contributed by atoms with Crippen LogP contribution >= 0.6 is 11.8 Å². The normalized spacial score (nSPS) is 17.0. The Hall–Kier alpha value is -0.580. The largest absolute Gasteiger partial charge is 0.317 e. The smallest absolute Gasteiger partial charge is 0.123 e. The summed E-state index contributed by atoms with van der Waals surface area (Å²) >= 11 is 2.10. The third kappa shape index (κ3) is 5.51. The lowest BCUT2D eigenvalue weighted by Crippen LogP contribution is -2.30. The predicted octanol–water partition coefficient (Wildman–Crippen LogP) is 2.74. The second-order valence-corrected chi connectivity index (χ2v) is 6.59. The molecule has 2 rings (SSSR count). The second-order valence-electron chi connectivity index (χ2n) is 5.18. The highest BCUT2D eigenvalue weighted by Crippen LogP contribution is 2.20. The summed E-state index contributed by atoms with van der Waals surface area (Å²) in [4.78, 5) is 2.31. The molecule has 0 saturated carbocycles. The molecule has 4 heteroatoms. The molecule has 0 bridgehead atoms. The molecule has 1 aromatic carbocycles. The van der Waals surface area contributed by atoms with Crippen LogP contribution in [0, 0.1) is 5.82 Å². The van der Waals surface area contributed by atoms with E-state index in [-0.39, 0.29) is 5.82 Å². The highest BCUT2D eigenvalue weighted by molar-refractivity contribution is 7.99. The third-order valence-electron chi connectivity index (χ3n) is 3.48. The predicted molar refractivity (Wildman–Crippen MR) is 81.1 cm³/mol. The van der Waals surface area contributed by atoms with Crippen molar-refractivity contribution < 1.29 is 4.39 Å². The summed E-state index contributed by atoms with van der Waals surface area (Å²) < 4.78 is 12.8. The SMILES string of the molecule is CN(CCSC1CCNCC1)Cc1ccc(F)cc1. The van der Waals surface area contributed by atoms with Crippen LogP contribution in [0.1, 0.15) is 18.4 Å². The number of hydrogen-bond donors (Lipinski definition) is 1. The number of rotatable bonds is 6. The molecule has 106 valence electrons. The molecule has 0 radical (unpaired) electrons. The van der Waals surface area contributed by atoms with Gasteiger partial charge in [0.1, 0.15) is 5.82 Å². The van der Waals surface area contributed by atoms with Crippen LogP contribution in [0.5, 0.6) is 0 Å². The second kappa shape index (κ2) is 7.88. The number of halogens is 1. The Bertz CT molecular complexity index is 363. The molecular formula is C15H23FN2S. The quantitative estimate of drug-likeness (QED) is 0.864. The Labute approximate surface area is 119 Å². The van der Waals surface area contributed by atoms with Crippen molar-refractivity contribution in [2.45, 2.75) is 24.6 Å². The molecule has 1 aromatic rings. The first kappa shape index (κ1) is 14.8. The third-order valence-corrected chi connectivity index (χ3v) is 4.84. The monoisotopic (exact) mass is 282 g/mol. The van der Waals surface area contributed by atoms with E-state index in [0.29, 0.717) is 0 Å². The van der Waals surface area contributed by atoms with Gasteiger partial charge in [-0.25, -0.2) is 4.39 Å². The molecular weight excluding hydrogens is 259 g/mol. The van der Waals surface area contributed by atoms with Crippen LogP contribution < -0.4 is 5.32 Å². The van der Waals surface area contributed by atoms with Gasteiger partial charge in [-0.3, -0.25) is 0 Å². The Morgan fingerprint density at radius 2 is 1.95 bits per heavy atom. The van der Waals surface area contributed by atoms with E-state index in [1.807, 2.05) is 12.1 Å². The molecule has 1 heterocycles. The zero-order chi connectivity index (χ0) is 13.5. The maximum Gasteiger partial charge on any atom is 0.123 e. The van der Waals surface area contributed by atoms with Crippen LogP contribution in [0.4, 0.5) is 4.39 Å². The highest BCUT2D eigenvalue weighted by Gasteiger charge is 2.13. The summed E-state index contributed by atoms with van der Waals surface area (Å²) in [5, 5.41) is 4.23. The maximum atomic E-state index is 12.8. The fraction of sp³-hybridized carbons (Fsp3) is 0.600. The van der Waals surface area contributed by atoms with E-state index in [4.69, 9.17) is 0 Å². The van der Waals surface area contributed by atoms with Gasteiger partial charge in [-0.1, -0.05) is 12.1 Å². The minimum absolute atomic E-state index is 0.159. The molecule has 1 saturated heterocycles. The Morgan fingerprint density at radius 1 is 1.26 bits per heavy atom. The number of benzene rings is 1. The van der Waals surface area contributed by atoms with E-state index in [1.54, 1.807) is 0 Å². The van der Waals surface area contributed by atoms with Gasteiger partial charge in [0, 0.05) is 24.1 Å². The Kier molecular flexibility index (Phi) is 6.14. The van der Waals surface area contributed by atoms with Crippen molar-refractivity contribution in [2.75, 3.05) is 32.4 Å². The molecule has 2 nitrogen and oxygen atoms in total. The number of hydrogen-bond acceptors (Lipinski definition) is 3. The average Bonchev–Trinajstić information content (AvgIpc) is 2.43. The van der Waals surface area contributed by atoms with Crippen LogP contribution in [0.2, 0.25) is 0 Å². The van der Waals surface area contributed by atoms with Crippen molar-refractivity contribution >= 4 is 11.8 Å². The van der Waals surface area contributed by atoms with E-state index < -0.39 is 0 Å².